The molecule has 7 aromatic rings. The van der Waals surface area contributed by atoms with E-state index in [1.807, 2.05) is 0 Å². The first-order valence-corrected chi connectivity index (χ1v) is 18.9. The van der Waals surface area contributed by atoms with E-state index in [0.29, 0.717) is 0 Å². The summed E-state index contributed by atoms with van der Waals surface area (Å²) in [4.78, 5) is 0. The standard InChI is InChI=1S/C20H15.C13H9.C2H6Si.2ClH.Zr/c1-14-12-16-8-5-11-19(20(16)13-14)18-10-4-7-15-6-2-3-9-17(15)18;1-3-7-12-10(5-1)9-11-6-2-4-8-13(11)12;1-3-2;;;/h2-13H,1H3;1-9H;1-2H3;2*1H;/q2*-1;;;;+2/p-2. The number of fused-ring (bicyclic) bond motifs is 5. The largest absolute Gasteiger partial charge is 1.00 e. The third-order valence-electron chi connectivity index (χ3n) is 6.50. The van der Waals surface area contributed by atoms with Crippen molar-refractivity contribution < 1.29 is 48.1 Å². The maximum absolute atomic E-state index is 2.31. The van der Waals surface area contributed by atoms with Crippen molar-refractivity contribution in [3.8, 4) is 11.1 Å². The zero-order valence-corrected chi connectivity index (χ0v) is 27.4. The fourth-order valence-corrected chi connectivity index (χ4v) is 4.98. The molecule has 0 bridgehead atoms. The smallest absolute Gasteiger partial charge is 0.0114 e. The number of hydrogen-bond acceptors (Lipinski definition) is 0. The maximum Gasteiger partial charge on any atom is -0.0114 e. The summed E-state index contributed by atoms with van der Waals surface area (Å²) in [5, 5.41) is 10.7. The quantitative estimate of drug-likeness (QED) is 0.187. The molecule has 0 spiro atoms. The molecule has 0 aliphatic rings. The van der Waals surface area contributed by atoms with Crippen LogP contribution in [0, 0.1) is 6.92 Å². The molecule has 0 atom stereocenters. The minimum Gasteiger partial charge on any atom is -1.00 e. The second-order valence-corrected chi connectivity index (χ2v) is 19.1. The van der Waals surface area contributed by atoms with E-state index < -0.39 is 0 Å². The molecule has 0 unspecified atom stereocenters. The average molecular weight is 641 g/mol. The SMILES string of the molecule is C[Si](C)=[Zr+2].Cc1cc2c(-c3cccc4ccccc34)cccc2[cH-]1.[Cl-].[Cl-].c1ccc2c(c1)[cH-]c1ccccc12. The van der Waals surface area contributed by atoms with E-state index in [1.165, 1.54) is 59.8 Å². The molecule has 39 heavy (non-hydrogen) atoms. The average Bonchev–Trinajstić information content (AvgIpc) is 3.48. The van der Waals surface area contributed by atoms with Gasteiger partial charge in [0.1, 0.15) is 0 Å². The van der Waals surface area contributed by atoms with Gasteiger partial charge in [-0.3, -0.25) is 0 Å². The fraction of sp³-hybridized carbons (Fsp3) is 0.0857. The topological polar surface area (TPSA) is 0 Å². The van der Waals surface area contributed by atoms with Gasteiger partial charge in [-0.2, -0.15) is 6.07 Å². The van der Waals surface area contributed by atoms with Gasteiger partial charge in [-0.25, -0.2) is 0 Å². The van der Waals surface area contributed by atoms with Gasteiger partial charge in [0.25, 0.3) is 0 Å². The molecule has 0 saturated carbocycles. The van der Waals surface area contributed by atoms with Crippen molar-refractivity contribution in [1.29, 1.82) is 0 Å². The molecule has 0 aliphatic heterocycles. The number of benzene rings is 5. The van der Waals surface area contributed by atoms with Crippen LogP contribution in [0.4, 0.5) is 0 Å². The molecule has 0 heterocycles. The summed E-state index contributed by atoms with van der Waals surface area (Å²) >= 11 is 1.74. The van der Waals surface area contributed by atoms with Crippen molar-refractivity contribution in [3.63, 3.8) is 0 Å². The molecule has 0 nitrogen and oxygen atoms in total. The first-order valence-electron chi connectivity index (χ1n) is 12.7. The fourth-order valence-electron chi connectivity index (χ4n) is 4.98. The van der Waals surface area contributed by atoms with Gasteiger partial charge in [0.2, 0.25) is 0 Å². The van der Waals surface area contributed by atoms with Crippen LogP contribution in [0.15, 0.2) is 127 Å². The zero-order valence-electron chi connectivity index (χ0n) is 22.4. The molecule has 7 rings (SSSR count). The third-order valence-corrected chi connectivity index (χ3v) is 6.50. The monoisotopic (exact) mass is 638 g/mol. The van der Waals surface area contributed by atoms with Crippen molar-refractivity contribution in [2.45, 2.75) is 20.0 Å². The van der Waals surface area contributed by atoms with Crippen LogP contribution < -0.4 is 24.8 Å². The Bertz CT molecular complexity index is 1780. The third kappa shape index (κ3) is 7.19. The van der Waals surface area contributed by atoms with Crippen molar-refractivity contribution >= 4 is 48.5 Å². The summed E-state index contributed by atoms with van der Waals surface area (Å²) in [5.74, 6) is 0. The van der Waals surface area contributed by atoms with E-state index >= 15 is 0 Å². The number of hydrogen-bond donors (Lipinski definition) is 0. The Hall–Kier alpha value is -2.48. The minimum absolute atomic E-state index is 0. The van der Waals surface area contributed by atoms with E-state index in [4.69, 9.17) is 0 Å². The molecule has 0 aromatic heterocycles. The molecule has 0 aliphatic carbocycles. The van der Waals surface area contributed by atoms with Crippen LogP contribution in [-0.2, 0) is 23.3 Å². The summed E-state index contributed by atoms with van der Waals surface area (Å²) in [7, 11) is 0. The van der Waals surface area contributed by atoms with E-state index in [0.717, 1.165) is 0 Å². The van der Waals surface area contributed by atoms with Gasteiger partial charge >= 0.3 is 41.9 Å². The molecule has 0 amide bonds. The van der Waals surface area contributed by atoms with Crippen molar-refractivity contribution in [2.75, 3.05) is 0 Å². The molecule has 0 fully saturated rings. The zero-order chi connectivity index (χ0) is 25.8. The van der Waals surface area contributed by atoms with Crippen LogP contribution in [-0.4, -0.2) is 5.43 Å². The second-order valence-electron chi connectivity index (χ2n) is 9.69. The summed E-state index contributed by atoms with van der Waals surface area (Å²) in [6.07, 6.45) is 0. The Morgan fingerprint density at radius 3 is 1.54 bits per heavy atom. The van der Waals surface area contributed by atoms with E-state index in [9.17, 15) is 0 Å². The van der Waals surface area contributed by atoms with Gasteiger partial charge in [-0.05, 0) is 16.3 Å². The molecular weight excluding hydrogens is 611 g/mol. The maximum atomic E-state index is 2.31. The second kappa shape index (κ2) is 14.2. The number of aryl methyl sites for hydroxylation is 1. The van der Waals surface area contributed by atoms with Crippen LogP contribution in [0.5, 0.6) is 0 Å². The summed E-state index contributed by atoms with van der Waals surface area (Å²) in [6.45, 7) is 6.78. The van der Waals surface area contributed by atoms with Gasteiger partial charge in [0.05, 0.1) is 0 Å². The van der Waals surface area contributed by atoms with Crippen LogP contribution >= 0.6 is 0 Å². The van der Waals surface area contributed by atoms with E-state index in [1.54, 1.807) is 23.3 Å². The summed E-state index contributed by atoms with van der Waals surface area (Å²) in [5.41, 5.74) is 4.18. The normalized spacial score (nSPS) is 10.2. The van der Waals surface area contributed by atoms with Gasteiger partial charge in [-0.1, -0.05) is 97.4 Å². The molecule has 7 aromatic carbocycles. The van der Waals surface area contributed by atoms with Gasteiger partial charge < -0.3 is 24.8 Å². The van der Waals surface area contributed by atoms with Gasteiger partial charge in [0, 0.05) is 0 Å². The Balaban J connectivity index is 0.000000192. The van der Waals surface area contributed by atoms with E-state index in [2.05, 4.69) is 147 Å². The van der Waals surface area contributed by atoms with Crippen molar-refractivity contribution in [3.05, 3.63) is 133 Å². The molecular formula is C35H30Cl2SiZr-2. The molecule has 0 N–H and O–H groups in total. The van der Waals surface area contributed by atoms with E-state index in [-0.39, 0.29) is 30.2 Å². The summed E-state index contributed by atoms with van der Waals surface area (Å²) < 4.78 is 0. The Morgan fingerprint density at radius 1 is 0.513 bits per heavy atom. The Kier molecular flexibility index (Phi) is 11.3. The Morgan fingerprint density at radius 2 is 0.923 bits per heavy atom. The number of halogens is 2. The van der Waals surface area contributed by atoms with Crippen molar-refractivity contribution in [1.82, 2.24) is 0 Å². The minimum atomic E-state index is 0. The molecule has 4 heteroatoms. The van der Waals surface area contributed by atoms with Gasteiger partial charge in [-0.15, -0.1) is 74.3 Å². The molecule has 194 valence electrons. The molecule has 0 saturated heterocycles. The van der Waals surface area contributed by atoms with Crippen LogP contribution in [0.1, 0.15) is 5.56 Å². The van der Waals surface area contributed by atoms with Crippen LogP contribution in [0.2, 0.25) is 13.1 Å². The molecule has 0 radical (unpaired) electrons. The first kappa shape index (κ1) is 31.1. The van der Waals surface area contributed by atoms with Crippen molar-refractivity contribution in [2.24, 2.45) is 0 Å². The predicted octanol–water partition coefficient (Wildman–Crippen LogP) is 4.19. The van der Waals surface area contributed by atoms with Gasteiger partial charge in [0.15, 0.2) is 0 Å². The van der Waals surface area contributed by atoms with Crippen LogP contribution in [0.25, 0.3) is 54.2 Å². The number of rotatable bonds is 1. The van der Waals surface area contributed by atoms with Crippen LogP contribution in [0.3, 0.4) is 0 Å². The Labute approximate surface area is 259 Å². The first-order chi connectivity index (χ1) is 18.0. The summed E-state index contributed by atoms with van der Waals surface area (Å²) in [6, 6.07) is 45.5. The predicted molar refractivity (Wildman–Crippen MR) is 162 cm³/mol.